The molecule has 4 saturated carbocycles. The van der Waals surface area contributed by atoms with Crippen LogP contribution in [0.25, 0.3) is 0 Å². The van der Waals surface area contributed by atoms with Crippen LogP contribution in [0.5, 0.6) is 0 Å². The maximum atomic E-state index is 10.4. The minimum Gasteiger partial charge on any atom is -0.393 e. The first-order valence-corrected chi connectivity index (χ1v) is 13.7. The fraction of sp³-hybridized carbons (Fsp3) is 0.931. The number of aliphatic hydroxyl groups is 1. The van der Waals surface area contributed by atoms with E-state index in [2.05, 4.69) is 53.7 Å². The summed E-state index contributed by atoms with van der Waals surface area (Å²) >= 11 is 0. The third-order valence-electron chi connectivity index (χ3n) is 11.8. The van der Waals surface area contributed by atoms with Crippen molar-refractivity contribution in [3.05, 3.63) is 12.2 Å². The fourth-order valence-corrected chi connectivity index (χ4v) is 9.84. The van der Waals surface area contributed by atoms with Crippen molar-refractivity contribution in [1.29, 1.82) is 0 Å². The SMILES string of the molecule is CCC(/C=C/[C@@H](C)[C@H]1CC[C@H]2[C@@H]3C[C@@H]4O[C@@]45C[C@@H](O)CC[C@]5(C)[C@H]3CC[C@]12C)C(C)C. The zero-order valence-electron chi connectivity index (χ0n) is 21.1. The maximum Gasteiger partial charge on any atom is 0.103 e. The number of rotatable bonds is 5. The molecule has 0 bridgehead atoms. The number of fused-ring (bicyclic) bond motifs is 4. The second-order valence-corrected chi connectivity index (χ2v) is 13.2. The van der Waals surface area contributed by atoms with E-state index in [1.165, 1.54) is 44.9 Å². The van der Waals surface area contributed by atoms with Crippen molar-refractivity contribution in [2.45, 2.75) is 117 Å². The van der Waals surface area contributed by atoms with Crippen LogP contribution in [-0.2, 0) is 4.74 Å². The highest BCUT2D eigenvalue weighted by Crippen LogP contribution is 2.74. The van der Waals surface area contributed by atoms with Gasteiger partial charge in [0.2, 0.25) is 0 Å². The van der Waals surface area contributed by atoms with E-state index in [-0.39, 0.29) is 11.7 Å². The van der Waals surface area contributed by atoms with E-state index in [1.807, 2.05) is 0 Å². The van der Waals surface area contributed by atoms with E-state index in [0.717, 1.165) is 48.3 Å². The van der Waals surface area contributed by atoms with Crippen molar-refractivity contribution in [2.24, 2.45) is 52.3 Å². The van der Waals surface area contributed by atoms with Crippen LogP contribution >= 0.6 is 0 Å². The molecule has 0 aromatic heterocycles. The van der Waals surface area contributed by atoms with Crippen LogP contribution in [0.3, 0.4) is 0 Å². The van der Waals surface area contributed by atoms with Gasteiger partial charge in [-0.1, -0.05) is 53.7 Å². The average Bonchev–Trinajstić information content (AvgIpc) is 3.29. The van der Waals surface area contributed by atoms with Gasteiger partial charge >= 0.3 is 0 Å². The summed E-state index contributed by atoms with van der Waals surface area (Å²) in [5, 5.41) is 10.4. The lowest BCUT2D eigenvalue weighted by molar-refractivity contribution is -0.115. The Morgan fingerprint density at radius 1 is 1.00 bits per heavy atom. The molecular weight excluding hydrogens is 380 g/mol. The van der Waals surface area contributed by atoms with Crippen LogP contribution in [0.1, 0.15) is 99.3 Å². The topological polar surface area (TPSA) is 32.8 Å². The van der Waals surface area contributed by atoms with Crippen LogP contribution < -0.4 is 0 Å². The highest BCUT2D eigenvalue weighted by Gasteiger charge is 2.76. The molecule has 5 fully saturated rings. The molecule has 1 unspecified atom stereocenters. The lowest BCUT2D eigenvalue weighted by Gasteiger charge is -2.59. The van der Waals surface area contributed by atoms with Gasteiger partial charge in [0.1, 0.15) is 5.60 Å². The Morgan fingerprint density at radius 2 is 1.77 bits per heavy atom. The van der Waals surface area contributed by atoms with Crippen LogP contribution in [-0.4, -0.2) is 22.9 Å². The Morgan fingerprint density at radius 3 is 2.48 bits per heavy atom. The first-order chi connectivity index (χ1) is 14.7. The summed E-state index contributed by atoms with van der Waals surface area (Å²) in [5.41, 5.74) is 0.833. The summed E-state index contributed by atoms with van der Waals surface area (Å²) in [6.45, 7) is 14.8. The molecule has 31 heavy (non-hydrogen) atoms. The van der Waals surface area contributed by atoms with Crippen LogP contribution in [0.15, 0.2) is 12.2 Å². The summed E-state index contributed by atoms with van der Waals surface area (Å²) in [7, 11) is 0. The van der Waals surface area contributed by atoms with Crippen LogP contribution in [0, 0.1) is 52.3 Å². The summed E-state index contributed by atoms with van der Waals surface area (Å²) < 4.78 is 6.52. The van der Waals surface area contributed by atoms with Gasteiger partial charge in [-0.15, -0.1) is 0 Å². The predicted molar refractivity (Wildman–Crippen MR) is 128 cm³/mol. The second kappa shape index (κ2) is 7.59. The Hall–Kier alpha value is -0.340. The summed E-state index contributed by atoms with van der Waals surface area (Å²) in [4.78, 5) is 0. The van der Waals surface area contributed by atoms with Gasteiger partial charge in [-0.05, 0) is 98.2 Å². The fourth-order valence-electron chi connectivity index (χ4n) is 9.84. The molecule has 1 aliphatic heterocycles. The molecule has 1 saturated heterocycles. The molecule has 1 N–H and O–H groups in total. The van der Waals surface area contributed by atoms with Gasteiger partial charge in [0.05, 0.1) is 12.2 Å². The van der Waals surface area contributed by atoms with Crippen LogP contribution in [0.4, 0.5) is 0 Å². The number of hydrogen-bond acceptors (Lipinski definition) is 2. The van der Waals surface area contributed by atoms with Gasteiger partial charge < -0.3 is 9.84 Å². The molecule has 2 nitrogen and oxygen atoms in total. The molecule has 2 heteroatoms. The van der Waals surface area contributed by atoms with Crippen molar-refractivity contribution in [3.8, 4) is 0 Å². The summed E-state index contributed by atoms with van der Waals surface area (Å²) in [6.07, 6.45) is 16.7. The van der Waals surface area contributed by atoms with Gasteiger partial charge in [0.15, 0.2) is 0 Å². The van der Waals surface area contributed by atoms with E-state index < -0.39 is 0 Å². The molecule has 0 amide bonds. The zero-order valence-corrected chi connectivity index (χ0v) is 21.1. The van der Waals surface area contributed by atoms with Gasteiger partial charge in [0.25, 0.3) is 0 Å². The molecule has 1 heterocycles. The van der Waals surface area contributed by atoms with E-state index in [4.69, 9.17) is 4.74 Å². The molecule has 1 spiro atoms. The molecule has 11 atom stereocenters. The lowest BCUT2D eigenvalue weighted by Crippen LogP contribution is -2.58. The monoisotopic (exact) mass is 428 g/mol. The predicted octanol–water partition coefficient (Wildman–Crippen LogP) is 7.01. The van der Waals surface area contributed by atoms with E-state index in [1.54, 1.807) is 0 Å². The Balaban J connectivity index is 1.35. The third kappa shape index (κ3) is 3.17. The van der Waals surface area contributed by atoms with Gasteiger partial charge in [0, 0.05) is 11.8 Å². The maximum absolute atomic E-state index is 10.4. The second-order valence-electron chi connectivity index (χ2n) is 13.2. The van der Waals surface area contributed by atoms with E-state index >= 15 is 0 Å². The normalized spacial score (nSPS) is 52.9. The summed E-state index contributed by atoms with van der Waals surface area (Å²) in [5.74, 6) is 5.54. The molecule has 0 radical (unpaired) electrons. The average molecular weight is 429 g/mol. The van der Waals surface area contributed by atoms with Gasteiger partial charge in [-0.2, -0.15) is 0 Å². The molecule has 5 rings (SSSR count). The standard InChI is InChI=1S/C29H48O2/c1-7-20(18(2)3)9-8-19(4)23-10-11-24-22-16-26-29(31-26)17-21(30)12-15-28(29,6)25(22)13-14-27(23,24)5/h8-9,18-26,30H,7,10-17H2,1-6H3/b9-8+/t19-,20?,21+,22+,23-,24+,25+,26+,27-,28-,29+/m1/s1. The number of ether oxygens (including phenoxy) is 1. The Labute approximate surface area is 191 Å². The van der Waals surface area contributed by atoms with E-state index in [9.17, 15) is 5.11 Å². The van der Waals surface area contributed by atoms with Gasteiger partial charge in [-0.25, -0.2) is 0 Å². The number of epoxide rings is 1. The molecule has 0 aromatic carbocycles. The number of hydrogen-bond donors (Lipinski definition) is 1. The number of aliphatic hydroxyl groups excluding tert-OH is 1. The van der Waals surface area contributed by atoms with Crippen molar-refractivity contribution < 1.29 is 9.84 Å². The highest BCUT2D eigenvalue weighted by atomic mass is 16.6. The van der Waals surface area contributed by atoms with Crippen molar-refractivity contribution in [3.63, 3.8) is 0 Å². The third-order valence-corrected chi connectivity index (χ3v) is 11.8. The molecule has 0 aromatic rings. The molecule has 4 aliphatic carbocycles. The van der Waals surface area contributed by atoms with Gasteiger partial charge in [-0.3, -0.25) is 0 Å². The smallest absolute Gasteiger partial charge is 0.103 e. The molecule has 176 valence electrons. The van der Waals surface area contributed by atoms with E-state index in [0.29, 0.717) is 22.9 Å². The minimum atomic E-state index is -0.134. The summed E-state index contributed by atoms with van der Waals surface area (Å²) in [6, 6.07) is 0. The Kier molecular flexibility index (Phi) is 5.50. The quantitative estimate of drug-likeness (QED) is 0.377. The highest BCUT2D eigenvalue weighted by molar-refractivity contribution is 5.24. The minimum absolute atomic E-state index is 0.0274. The Bertz CT molecular complexity index is 714. The zero-order chi connectivity index (χ0) is 22.2. The molecule has 5 aliphatic rings. The van der Waals surface area contributed by atoms with Crippen LogP contribution in [0.2, 0.25) is 0 Å². The number of allylic oxidation sites excluding steroid dienone is 2. The van der Waals surface area contributed by atoms with Crippen molar-refractivity contribution >= 4 is 0 Å². The van der Waals surface area contributed by atoms with Crippen molar-refractivity contribution in [2.75, 3.05) is 0 Å². The first kappa shape index (κ1) is 22.5. The largest absolute Gasteiger partial charge is 0.393 e. The lowest BCUT2D eigenvalue weighted by atomic mass is 9.44. The van der Waals surface area contributed by atoms with Crippen molar-refractivity contribution in [1.82, 2.24) is 0 Å². The first-order valence-electron chi connectivity index (χ1n) is 13.7. The molecular formula is C29H48O2.